The molecule has 0 saturated carbocycles. The van der Waals surface area contributed by atoms with Gasteiger partial charge in [-0.1, -0.05) is 35.9 Å². The van der Waals surface area contributed by atoms with Crippen LogP contribution in [-0.4, -0.2) is 44.9 Å². The molecule has 1 saturated heterocycles. The van der Waals surface area contributed by atoms with Crippen LogP contribution in [0.2, 0.25) is 5.02 Å². The number of halogens is 1. The maximum absolute atomic E-state index is 12.6. The molecule has 1 aliphatic rings. The van der Waals surface area contributed by atoms with Crippen LogP contribution < -0.4 is 5.32 Å². The predicted octanol–water partition coefficient (Wildman–Crippen LogP) is 2.69. The van der Waals surface area contributed by atoms with Gasteiger partial charge in [0.2, 0.25) is 15.9 Å². The van der Waals surface area contributed by atoms with Gasteiger partial charge in [-0.15, -0.1) is 0 Å². The number of carbonyl (C=O) groups is 1. The number of nitrogens with one attached hydrogen (secondary N) is 1. The van der Waals surface area contributed by atoms with Crippen molar-refractivity contribution in [3.05, 3.63) is 70.8 Å². The topological polar surface area (TPSA) is 75.7 Å². The Morgan fingerprint density at radius 1 is 1.07 bits per heavy atom. The second-order valence-electron chi connectivity index (χ2n) is 6.26. The van der Waals surface area contributed by atoms with Crippen LogP contribution in [0.15, 0.2) is 59.5 Å². The summed E-state index contributed by atoms with van der Waals surface area (Å²) in [6.07, 6.45) is 3.06. The lowest BCUT2D eigenvalue weighted by molar-refractivity contribution is -0.116. The van der Waals surface area contributed by atoms with Crippen molar-refractivity contribution in [3.63, 3.8) is 0 Å². The van der Waals surface area contributed by atoms with Crippen molar-refractivity contribution in [1.82, 2.24) is 9.62 Å². The molecule has 8 heteroatoms. The van der Waals surface area contributed by atoms with Crippen molar-refractivity contribution in [3.8, 4) is 0 Å². The van der Waals surface area contributed by atoms with E-state index in [4.69, 9.17) is 16.3 Å². The molecule has 0 unspecified atom stereocenters. The molecule has 6 nitrogen and oxygen atoms in total. The molecule has 0 atom stereocenters. The van der Waals surface area contributed by atoms with Gasteiger partial charge in [-0.2, -0.15) is 4.31 Å². The fourth-order valence-electron chi connectivity index (χ4n) is 2.71. The Labute approximate surface area is 169 Å². The van der Waals surface area contributed by atoms with E-state index >= 15 is 0 Å². The largest absolute Gasteiger partial charge is 0.379 e. The fraction of sp³-hybridized carbons (Fsp3) is 0.250. The molecule has 148 valence electrons. The molecule has 1 heterocycles. The molecule has 0 aromatic heterocycles. The van der Waals surface area contributed by atoms with Gasteiger partial charge in [0.05, 0.1) is 18.1 Å². The minimum absolute atomic E-state index is 0.235. The Kier molecular flexibility index (Phi) is 6.85. The van der Waals surface area contributed by atoms with E-state index in [0.717, 1.165) is 11.1 Å². The number of carbonyl (C=O) groups excluding carboxylic acids is 1. The van der Waals surface area contributed by atoms with E-state index in [9.17, 15) is 13.2 Å². The highest BCUT2D eigenvalue weighted by Gasteiger charge is 2.25. The highest BCUT2D eigenvalue weighted by molar-refractivity contribution is 7.89. The molecule has 0 aliphatic carbocycles. The number of ether oxygens (including phenoxy) is 1. The second-order valence-corrected chi connectivity index (χ2v) is 8.64. The van der Waals surface area contributed by atoms with Crippen LogP contribution in [0, 0.1) is 0 Å². The molecular formula is C20H21ClN2O4S. The molecule has 1 N–H and O–H groups in total. The first-order valence-electron chi connectivity index (χ1n) is 8.83. The summed E-state index contributed by atoms with van der Waals surface area (Å²) in [5.41, 5.74) is 1.69. The summed E-state index contributed by atoms with van der Waals surface area (Å²) in [6, 6.07) is 13.7. The third-order valence-electron chi connectivity index (χ3n) is 4.30. The summed E-state index contributed by atoms with van der Waals surface area (Å²) in [5, 5.41) is 3.43. The number of sulfonamides is 1. The Balaban J connectivity index is 1.57. The average molecular weight is 421 g/mol. The van der Waals surface area contributed by atoms with E-state index in [0.29, 0.717) is 37.9 Å². The number of hydrogen-bond acceptors (Lipinski definition) is 4. The first kappa shape index (κ1) is 20.5. The standard InChI is InChI=1S/C20H21ClN2O4S/c21-18-6-1-17(2-7-18)15-22-20(24)10-5-16-3-8-19(9-4-16)28(25,26)23-11-13-27-14-12-23/h1-10H,11-15H2,(H,22,24)/b10-5+. The van der Waals surface area contributed by atoms with Crippen LogP contribution in [-0.2, 0) is 26.1 Å². The average Bonchev–Trinajstić information content (AvgIpc) is 2.73. The third-order valence-corrected chi connectivity index (χ3v) is 6.46. The lowest BCUT2D eigenvalue weighted by Crippen LogP contribution is -2.40. The maximum atomic E-state index is 12.6. The SMILES string of the molecule is O=C(/C=C/c1ccc(S(=O)(=O)N2CCOCC2)cc1)NCc1ccc(Cl)cc1. The maximum Gasteiger partial charge on any atom is 0.244 e. The van der Waals surface area contributed by atoms with Crippen LogP contribution in [0.4, 0.5) is 0 Å². The van der Waals surface area contributed by atoms with Crippen LogP contribution in [0.5, 0.6) is 0 Å². The van der Waals surface area contributed by atoms with Crippen LogP contribution in [0.3, 0.4) is 0 Å². The zero-order valence-electron chi connectivity index (χ0n) is 15.2. The molecule has 0 radical (unpaired) electrons. The summed E-state index contributed by atoms with van der Waals surface area (Å²) in [5.74, 6) is -0.236. The zero-order valence-corrected chi connectivity index (χ0v) is 16.7. The van der Waals surface area contributed by atoms with Gasteiger partial charge in [-0.3, -0.25) is 4.79 Å². The predicted molar refractivity (Wildman–Crippen MR) is 108 cm³/mol. The molecular weight excluding hydrogens is 400 g/mol. The summed E-state index contributed by atoms with van der Waals surface area (Å²) in [4.78, 5) is 12.2. The lowest BCUT2D eigenvalue weighted by Gasteiger charge is -2.26. The van der Waals surface area contributed by atoms with Crippen molar-refractivity contribution in [2.24, 2.45) is 0 Å². The summed E-state index contributed by atoms with van der Waals surface area (Å²) >= 11 is 5.83. The molecule has 2 aromatic carbocycles. The highest BCUT2D eigenvalue weighted by Crippen LogP contribution is 2.18. The van der Waals surface area contributed by atoms with Gasteiger partial charge >= 0.3 is 0 Å². The second kappa shape index (κ2) is 9.34. The third kappa shape index (κ3) is 5.42. The van der Waals surface area contributed by atoms with Gasteiger partial charge < -0.3 is 10.1 Å². The van der Waals surface area contributed by atoms with Crippen molar-refractivity contribution in [2.45, 2.75) is 11.4 Å². The van der Waals surface area contributed by atoms with Crippen molar-refractivity contribution >= 4 is 33.6 Å². The quantitative estimate of drug-likeness (QED) is 0.729. The van der Waals surface area contributed by atoms with E-state index < -0.39 is 10.0 Å². The van der Waals surface area contributed by atoms with E-state index in [-0.39, 0.29) is 10.8 Å². The first-order valence-corrected chi connectivity index (χ1v) is 10.7. The van der Waals surface area contributed by atoms with E-state index in [1.54, 1.807) is 42.5 Å². The molecule has 0 spiro atoms. The molecule has 1 amide bonds. The minimum Gasteiger partial charge on any atom is -0.379 e. The summed E-state index contributed by atoms with van der Waals surface area (Å²) in [7, 11) is -3.51. The molecule has 1 fully saturated rings. The molecule has 28 heavy (non-hydrogen) atoms. The highest BCUT2D eigenvalue weighted by atomic mass is 35.5. The molecule has 3 rings (SSSR count). The first-order chi connectivity index (χ1) is 13.4. The van der Waals surface area contributed by atoms with Gasteiger partial charge in [-0.05, 0) is 41.5 Å². The van der Waals surface area contributed by atoms with Crippen molar-refractivity contribution < 1.29 is 17.9 Å². The van der Waals surface area contributed by atoms with E-state index in [2.05, 4.69) is 5.32 Å². The fourth-order valence-corrected chi connectivity index (χ4v) is 4.24. The number of morpholine rings is 1. The zero-order chi connectivity index (χ0) is 20.0. The van der Waals surface area contributed by atoms with E-state index in [1.165, 1.54) is 10.4 Å². The smallest absolute Gasteiger partial charge is 0.244 e. The van der Waals surface area contributed by atoms with Crippen LogP contribution in [0.1, 0.15) is 11.1 Å². The number of benzene rings is 2. The Bertz CT molecular complexity index is 935. The Hall–Kier alpha value is -2.19. The molecule has 2 aromatic rings. The van der Waals surface area contributed by atoms with Crippen molar-refractivity contribution in [2.75, 3.05) is 26.3 Å². The van der Waals surface area contributed by atoms with E-state index in [1.807, 2.05) is 12.1 Å². The van der Waals surface area contributed by atoms with Gasteiger partial charge in [0, 0.05) is 30.7 Å². The van der Waals surface area contributed by atoms with Gasteiger partial charge in [0.25, 0.3) is 0 Å². The van der Waals surface area contributed by atoms with Crippen LogP contribution >= 0.6 is 11.6 Å². The monoisotopic (exact) mass is 420 g/mol. The van der Waals surface area contributed by atoms with Gasteiger partial charge in [0.15, 0.2) is 0 Å². The number of hydrogen-bond donors (Lipinski definition) is 1. The van der Waals surface area contributed by atoms with Gasteiger partial charge in [0.1, 0.15) is 0 Å². The molecule has 1 aliphatic heterocycles. The number of amides is 1. The van der Waals surface area contributed by atoms with Crippen molar-refractivity contribution in [1.29, 1.82) is 0 Å². The summed E-state index contributed by atoms with van der Waals surface area (Å²) in [6.45, 7) is 1.93. The minimum atomic E-state index is -3.51. The Morgan fingerprint density at radius 3 is 2.36 bits per heavy atom. The number of nitrogens with zero attached hydrogens (tertiary/aromatic N) is 1. The number of rotatable bonds is 6. The Morgan fingerprint density at radius 2 is 1.71 bits per heavy atom. The van der Waals surface area contributed by atoms with Gasteiger partial charge in [-0.25, -0.2) is 8.42 Å². The summed E-state index contributed by atoms with van der Waals surface area (Å²) < 4.78 is 31.8. The lowest BCUT2D eigenvalue weighted by atomic mass is 10.2. The van der Waals surface area contributed by atoms with Crippen LogP contribution in [0.25, 0.3) is 6.08 Å². The molecule has 0 bridgehead atoms. The normalized spacial score (nSPS) is 15.6.